The normalized spacial score (nSPS) is 12.1. The second-order valence-corrected chi connectivity index (χ2v) is 10.2. The lowest BCUT2D eigenvalue weighted by Gasteiger charge is -2.19. The molecule has 0 saturated heterocycles. The van der Waals surface area contributed by atoms with E-state index in [1.54, 1.807) is 0 Å². The third-order valence-electron chi connectivity index (χ3n) is 7.99. The SMILES string of the molecule is C/C=C(\C)c1ccc2c(-c3ccc4ccccc4c3)c3ccccc3c(-c3ccc4ccccc4c3)c2c1. The molecule has 180 valence electrons. The van der Waals surface area contributed by atoms with Crippen molar-refractivity contribution in [3.05, 3.63) is 139 Å². The van der Waals surface area contributed by atoms with Crippen LogP contribution in [0.15, 0.2) is 133 Å². The van der Waals surface area contributed by atoms with Crippen LogP contribution in [0.4, 0.5) is 0 Å². The molecule has 0 unspecified atom stereocenters. The predicted molar refractivity (Wildman–Crippen MR) is 167 cm³/mol. The van der Waals surface area contributed by atoms with Gasteiger partial charge in [0.05, 0.1) is 0 Å². The summed E-state index contributed by atoms with van der Waals surface area (Å²) >= 11 is 0. The van der Waals surface area contributed by atoms with Crippen molar-refractivity contribution in [3.63, 3.8) is 0 Å². The summed E-state index contributed by atoms with van der Waals surface area (Å²) in [6.45, 7) is 4.31. The van der Waals surface area contributed by atoms with E-state index >= 15 is 0 Å². The van der Waals surface area contributed by atoms with Crippen molar-refractivity contribution in [2.75, 3.05) is 0 Å². The Hall–Kier alpha value is -4.68. The molecule has 0 atom stereocenters. The molecule has 0 heteroatoms. The van der Waals surface area contributed by atoms with Gasteiger partial charge in [0.1, 0.15) is 0 Å². The monoisotopic (exact) mass is 484 g/mol. The Morgan fingerprint density at radius 2 is 0.921 bits per heavy atom. The van der Waals surface area contributed by atoms with Crippen LogP contribution in [-0.4, -0.2) is 0 Å². The molecule has 0 amide bonds. The van der Waals surface area contributed by atoms with Gasteiger partial charge in [0, 0.05) is 0 Å². The predicted octanol–water partition coefficient (Wildman–Crippen LogP) is 11.1. The summed E-state index contributed by atoms with van der Waals surface area (Å²) in [5, 5.41) is 10.2. The average Bonchev–Trinajstić information content (AvgIpc) is 2.98. The van der Waals surface area contributed by atoms with Crippen molar-refractivity contribution in [1.82, 2.24) is 0 Å². The smallest absolute Gasteiger partial charge is 0.00259 e. The molecule has 38 heavy (non-hydrogen) atoms. The van der Waals surface area contributed by atoms with E-state index < -0.39 is 0 Å². The first-order valence-electron chi connectivity index (χ1n) is 13.3. The summed E-state index contributed by atoms with van der Waals surface area (Å²) < 4.78 is 0. The molecule has 0 aromatic heterocycles. The topological polar surface area (TPSA) is 0 Å². The molecule has 0 aliphatic heterocycles. The zero-order valence-corrected chi connectivity index (χ0v) is 21.7. The lowest BCUT2D eigenvalue weighted by atomic mass is 9.84. The highest BCUT2D eigenvalue weighted by molar-refractivity contribution is 6.22. The van der Waals surface area contributed by atoms with Gasteiger partial charge in [-0.25, -0.2) is 0 Å². The first-order valence-corrected chi connectivity index (χ1v) is 13.3. The van der Waals surface area contributed by atoms with Crippen molar-refractivity contribution in [2.45, 2.75) is 13.8 Å². The van der Waals surface area contributed by atoms with E-state index in [2.05, 4.69) is 147 Å². The summed E-state index contributed by atoms with van der Waals surface area (Å²) in [7, 11) is 0. The van der Waals surface area contributed by atoms with Gasteiger partial charge in [0.25, 0.3) is 0 Å². The summed E-state index contributed by atoms with van der Waals surface area (Å²) in [5.74, 6) is 0. The lowest BCUT2D eigenvalue weighted by molar-refractivity contribution is 1.57. The molecule has 0 radical (unpaired) electrons. The number of hydrogen-bond acceptors (Lipinski definition) is 0. The molecule has 0 aliphatic rings. The standard InChI is InChI=1S/C38H28/c1-3-25(2)28-20-21-35-36(24-28)38(32-19-17-27-11-5-7-13-30(27)23-32)34-15-9-8-14-33(34)37(35)31-18-16-26-10-4-6-12-29(26)22-31/h3-24H,1-2H3/b25-3+. The summed E-state index contributed by atoms with van der Waals surface area (Å²) in [4.78, 5) is 0. The highest BCUT2D eigenvalue weighted by Gasteiger charge is 2.18. The van der Waals surface area contributed by atoms with Crippen molar-refractivity contribution in [1.29, 1.82) is 0 Å². The second kappa shape index (κ2) is 9.01. The molecular weight excluding hydrogens is 456 g/mol. The average molecular weight is 485 g/mol. The Morgan fingerprint density at radius 3 is 1.47 bits per heavy atom. The van der Waals surface area contributed by atoms with Gasteiger partial charge in [-0.2, -0.15) is 0 Å². The Labute approximate surface area is 223 Å². The maximum atomic E-state index is 2.40. The van der Waals surface area contributed by atoms with Crippen LogP contribution in [-0.2, 0) is 0 Å². The third-order valence-corrected chi connectivity index (χ3v) is 7.99. The van der Waals surface area contributed by atoms with Gasteiger partial charge in [-0.1, -0.05) is 115 Å². The molecule has 0 nitrogen and oxygen atoms in total. The fourth-order valence-electron chi connectivity index (χ4n) is 5.90. The van der Waals surface area contributed by atoms with Crippen LogP contribution in [0.25, 0.3) is 70.9 Å². The van der Waals surface area contributed by atoms with Crippen LogP contribution in [0.5, 0.6) is 0 Å². The van der Waals surface area contributed by atoms with Gasteiger partial charge >= 0.3 is 0 Å². The maximum Gasteiger partial charge on any atom is -0.00259 e. The summed E-state index contributed by atoms with van der Waals surface area (Å²) in [6.07, 6.45) is 2.20. The van der Waals surface area contributed by atoms with Crippen LogP contribution in [0, 0.1) is 0 Å². The van der Waals surface area contributed by atoms with Crippen LogP contribution in [0.1, 0.15) is 19.4 Å². The van der Waals surface area contributed by atoms with E-state index in [1.807, 2.05) is 0 Å². The third kappa shape index (κ3) is 3.61. The fourth-order valence-corrected chi connectivity index (χ4v) is 5.90. The Balaban J connectivity index is 1.64. The van der Waals surface area contributed by atoms with Crippen molar-refractivity contribution in [3.8, 4) is 22.3 Å². The summed E-state index contributed by atoms with van der Waals surface area (Å²) in [5.41, 5.74) is 7.67. The van der Waals surface area contributed by atoms with Gasteiger partial charge in [-0.3, -0.25) is 0 Å². The van der Waals surface area contributed by atoms with Crippen molar-refractivity contribution in [2.24, 2.45) is 0 Å². The first-order chi connectivity index (χ1) is 18.7. The largest absolute Gasteiger partial charge is 0.0841 e. The highest BCUT2D eigenvalue weighted by atomic mass is 14.2. The molecule has 0 saturated carbocycles. The van der Waals surface area contributed by atoms with Gasteiger partial charge in [0.2, 0.25) is 0 Å². The Morgan fingerprint density at radius 1 is 0.447 bits per heavy atom. The number of rotatable bonds is 3. The molecule has 7 rings (SSSR count). The lowest BCUT2D eigenvalue weighted by Crippen LogP contribution is -1.92. The van der Waals surface area contributed by atoms with E-state index in [-0.39, 0.29) is 0 Å². The molecule has 7 aromatic carbocycles. The van der Waals surface area contributed by atoms with Gasteiger partial charge in [-0.15, -0.1) is 0 Å². The zero-order valence-electron chi connectivity index (χ0n) is 21.7. The number of benzene rings is 7. The van der Waals surface area contributed by atoms with E-state index in [0.717, 1.165) is 0 Å². The number of fused-ring (bicyclic) bond motifs is 4. The zero-order chi connectivity index (χ0) is 25.6. The van der Waals surface area contributed by atoms with E-state index in [0.29, 0.717) is 0 Å². The molecule has 0 bridgehead atoms. The number of allylic oxidation sites excluding steroid dienone is 2. The first kappa shape index (κ1) is 22.5. The van der Waals surface area contributed by atoms with E-state index in [4.69, 9.17) is 0 Å². The maximum absolute atomic E-state index is 2.40. The summed E-state index contributed by atoms with van der Waals surface area (Å²) in [6, 6.07) is 46.9. The van der Waals surface area contributed by atoms with Gasteiger partial charge < -0.3 is 0 Å². The minimum Gasteiger partial charge on any atom is -0.0841 e. The van der Waals surface area contributed by atoms with E-state index in [1.165, 1.54) is 76.5 Å². The van der Waals surface area contributed by atoms with Crippen LogP contribution in [0.2, 0.25) is 0 Å². The molecule has 0 N–H and O–H groups in total. The highest BCUT2D eigenvalue weighted by Crippen LogP contribution is 2.45. The fraction of sp³-hybridized carbons (Fsp3) is 0.0526. The van der Waals surface area contributed by atoms with Crippen molar-refractivity contribution >= 4 is 48.7 Å². The minimum atomic E-state index is 1.25. The second-order valence-electron chi connectivity index (χ2n) is 10.2. The molecular formula is C38H28. The van der Waals surface area contributed by atoms with Crippen LogP contribution < -0.4 is 0 Å². The molecule has 0 heterocycles. The number of hydrogen-bond donors (Lipinski definition) is 0. The van der Waals surface area contributed by atoms with E-state index in [9.17, 15) is 0 Å². The van der Waals surface area contributed by atoms with Gasteiger partial charge in [0.15, 0.2) is 0 Å². The molecule has 0 aliphatic carbocycles. The molecule has 0 spiro atoms. The van der Waals surface area contributed by atoms with Crippen molar-refractivity contribution < 1.29 is 0 Å². The molecule has 7 aromatic rings. The minimum absolute atomic E-state index is 1.25. The van der Waals surface area contributed by atoms with Crippen LogP contribution >= 0.6 is 0 Å². The van der Waals surface area contributed by atoms with Crippen LogP contribution in [0.3, 0.4) is 0 Å². The molecule has 0 fully saturated rings. The Kier molecular flexibility index (Phi) is 5.34. The quantitative estimate of drug-likeness (QED) is 0.219. The van der Waals surface area contributed by atoms with Gasteiger partial charge in [-0.05, 0) is 109 Å². The Bertz CT molecular complexity index is 2040.